The highest BCUT2D eigenvalue weighted by atomic mass is 32.2. The molecule has 5 heteroatoms. The Morgan fingerprint density at radius 3 is 2.29 bits per heavy atom. The fourth-order valence-corrected chi connectivity index (χ4v) is 2.84. The largest absolute Gasteiger partial charge is 0.497 e. The SMILES string of the molecule is COc1ccc(OC)c(/C=C/S(=O)(=O)c2ccccc2)c1. The summed E-state index contributed by atoms with van der Waals surface area (Å²) in [6.45, 7) is 0. The van der Waals surface area contributed by atoms with Crippen LogP contribution < -0.4 is 9.47 Å². The molecule has 0 fully saturated rings. The van der Waals surface area contributed by atoms with Gasteiger partial charge in [0, 0.05) is 11.0 Å². The van der Waals surface area contributed by atoms with Crippen molar-refractivity contribution in [2.24, 2.45) is 0 Å². The third-order valence-electron chi connectivity index (χ3n) is 2.94. The van der Waals surface area contributed by atoms with Crippen LogP contribution >= 0.6 is 0 Å². The van der Waals surface area contributed by atoms with Crippen molar-refractivity contribution in [1.82, 2.24) is 0 Å². The molecule has 2 rings (SSSR count). The highest BCUT2D eigenvalue weighted by Gasteiger charge is 2.10. The summed E-state index contributed by atoms with van der Waals surface area (Å²) < 4.78 is 34.7. The maximum absolute atomic E-state index is 12.2. The standard InChI is InChI=1S/C16H16O4S/c1-19-14-8-9-16(20-2)13(12-14)10-11-21(17,18)15-6-4-3-5-7-15/h3-12H,1-2H3/b11-10+. The molecule has 2 aromatic rings. The van der Waals surface area contributed by atoms with Crippen LogP contribution in [0.15, 0.2) is 58.8 Å². The average Bonchev–Trinajstić information content (AvgIpc) is 2.53. The van der Waals surface area contributed by atoms with Gasteiger partial charge in [-0.1, -0.05) is 18.2 Å². The Bertz CT molecular complexity index is 734. The van der Waals surface area contributed by atoms with Crippen molar-refractivity contribution in [1.29, 1.82) is 0 Å². The second-order valence-corrected chi connectivity index (χ2v) is 6.10. The summed E-state index contributed by atoms with van der Waals surface area (Å²) in [5.74, 6) is 1.21. The van der Waals surface area contributed by atoms with Crippen molar-refractivity contribution in [2.45, 2.75) is 4.90 Å². The van der Waals surface area contributed by atoms with Gasteiger partial charge in [0.1, 0.15) is 11.5 Å². The maximum Gasteiger partial charge on any atom is 0.199 e. The molecule has 0 aromatic heterocycles. The molecule has 0 atom stereocenters. The van der Waals surface area contributed by atoms with Crippen molar-refractivity contribution in [3.05, 3.63) is 59.5 Å². The molecule has 0 bridgehead atoms. The summed E-state index contributed by atoms with van der Waals surface area (Å²) in [5.41, 5.74) is 0.636. The van der Waals surface area contributed by atoms with Gasteiger partial charge < -0.3 is 9.47 Å². The predicted octanol–water partition coefficient (Wildman–Crippen LogP) is 3.15. The monoisotopic (exact) mass is 304 g/mol. The number of hydrogen-bond donors (Lipinski definition) is 0. The zero-order valence-electron chi connectivity index (χ0n) is 11.8. The van der Waals surface area contributed by atoms with Crippen LogP contribution in [0.25, 0.3) is 6.08 Å². The van der Waals surface area contributed by atoms with Crippen LogP contribution in [0.1, 0.15) is 5.56 Å². The molecular weight excluding hydrogens is 288 g/mol. The first-order valence-electron chi connectivity index (χ1n) is 6.27. The lowest BCUT2D eigenvalue weighted by molar-refractivity contribution is 0.402. The van der Waals surface area contributed by atoms with Crippen molar-refractivity contribution in [3.8, 4) is 11.5 Å². The van der Waals surface area contributed by atoms with Gasteiger partial charge in [0.05, 0.1) is 19.1 Å². The number of benzene rings is 2. The Hall–Kier alpha value is -2.27. The van der Waals surface area contributed by atoms with Gasteiger partial charge in [-0.3, -0.25) is 0 Å². The van der Waals surface area contributed by atoms with E-state index in [1.165, 1.54) is 18.6 Å². The molecule has 21 heavy (non-hydrogen) atoms. The van der Waals surface area contributed by atoms with E-state index < -0.39 is 9.84 Å². The molecule has 0 saturated heterocycles. The fraction of sp³-hybridized carbons (Fsp3) is 0.125. The van der Waals surface area contributed by atoms with Crippen LogP contribution in [-0.4, -0.2) is 22.6 Å². The number of ether oxygens (including phenoxy) is 2. The summed E-state index contributed by atoms with van der Waals surface area (Å²) in [6.07, 6.45) is 1.50. The Morgan fingerprint density at radius 1 is 0.952 bits per heavy atom. The summed E-state index contributed by atoms with van der Waals surface area (Å²) in [6, 6.07) is 13.5. The lowest BCUT2D eigenvalue weighted by Crippen LogP contribution is -1.96. The lowest BCUT2D eigenvalue weighted by atomic mass is 10.2. The molecule has 0 aliphatic rings. The van der Waals surface area contributed by atoms with E-state index in [1.54, 1.807) is 55.6 Å². The first kappa shape index (κ1) is 15.1. The van der Waals surface area contributed by atoms with E-state index in [9.17, 15) is 8.42 Å². The third-order valence-corrected chi connectivity index (χ3v) is 4.36. The molecule has 0 amide bonds. The lowest BCUT2D eigenvalue weighted by Gasteiger charge is -2.07. The summed E-state index contributed by atoms with van der Waals surface area (Å²) >= 11 is 0. The average molecular weight is 304 g/mol. The normalized spacial score (nSPS) is 11.5. The number of rotatable bonds is 5. The van der Waals surface area contributed by atoms with Crippen molar-refractivity contribution in [3.63, 3.8) is 0 Å². The molecular formula is C16H16O4S. The van der Waals surface area contributed by atoms with Gasteiger partial charge in [0.2, 0.25) is 0 Å². The van der Waals surface area contributed by atoms with Crippen LogP contribution in [0.5, 0.6) is 11.5 Å². The molecule has 0 spiro atoms. The number of hydrogen-bond acceptors (Lipinski definition) is 4. The quantitative estimate of drug-likeness (QED) is 0.851. The Labute approximate surface area is 124 Å². The zero-order chi connectivity index (χ0) is 15.3. The summed E-state index contributed by atoms with van der Waals surface area (Å²) in [5, 5.41) is 1.17. The van der Waals surface area contributed by atoms with E-state index >= 15 is 0 Å². The van der Waals surface area contributed by atoms with E-state index in [2.05, 4.69) is 0 Å². The molecule has 0 heterocycles. The first-order chi connectivity index (χ1) is 10.1. The smallest absolute Gasteiger partial charge is 0.199 e. The predicted molar refractivity (Wildman–Crippen MR) is 82.2 cm³/mol. The van der Waals surface area contributed by atoms with E-state index in [1.807, 2.05) is 0 Å². The molecule has 0 aliphatic carbocycles. The third kappa shape index (κ3) is 3.64. The molecule has 110 valence electrons. The summed E-state index contributed by atoms with van der Waals surface area (Å²) in [4.78, 5) is 0.253. The minimum absolute atomic E-state index is 0.253. The van der Waals surface area contributed by atoms with Crippen LogP contribution in [-0.2, 0) is 9.84 Å². The van der Waals surface area contributed by atoms with E-state index in [0.29, 0.717) is 17.1 Å². The van der Waals surface area contributed by atoms with Gasteiger partial charge in [-0.25, -0.2) is 8.42 Å². The number of sulfone groups is 1. The van der Waals surface area contributed by atoms with E-state index in [-0.39, 0.29) is 4.90 Å². The summed E-state index contributed by atoms with van der Waals surface area (Å²) in [7, 11) is -0.396. The van der Waals surface area contributed by atoms with E-state index in [0.717, 1.165) is 0 Å². The molecule has 0 saturated carbocycles. The van der Waals surface area contributed by atoms with Gasteiger partial charge in [0.25, 0.3) is 0 Å². The van der Waals surface area contributed by atoms with Crippen LogP contribution in [0.3, 0.4) is 0 Å². The Morgan fingerprint density at radius 2 is 1.67 bits per heavy atom. The van der Waals surface area contributed by atoms with Crippen LogP contribution in [0, 0.1) is 0 Å². The molecule has 0 unspecified atom stereocenters. The first-order valence-corrected chi connectivity index (χ1v) is 7.81. The minimum Gasteiger partial charge on any atom is -0.497 e. The van der Waals surface area contributed by atoms with Crippen molar-refractivity contribution >= 4 is 15.9 Å². The molecule has 0 radical (unpaired) electrons. The highest BCUT2D eigenvalue weighted by molar-refractivity contribution is 7.94. The molecule has 0 aliphatic heterocycles. The Kier molecular flexibility index (Phi) is 4.65. The van der Waals surface area contributed by atoms with Crippen molar-refractivity contribution in [2.75, 3.05) is 14.2 Å². The van der Waals surface area contributed by atoms with Crippen LogP contribution in [0.4, 0.5) is 0 Å². The Balaban J connectivity index is 2.37. The van der Waals surface area contributed by atoms with E-state index in [4.69, 9.17) is 9.47 Å². The topological polar surface area (TPSA) is 52.6 Å². The van der Waals surface area contributed by atoms with Gasteiger partial charge in [-0.15, -0.1) is 0 Å². The minimum atomic E-state index is -3.48. The highest BCUT2D eigenvalue weighted by Crippen LogP contribution is 2.26. The zero-order valence-corrected chi connectivity index (χ0v) is 12.6. The van der Waals surface area contributed by atoms with Crippen LogP contribution in [0.2, 0.25) is 0 Å². The van der Waals surface area contributed by atoms with Crippen molar-refractivity contribution < 1.29 is 17.9 Å². The van der Waals surface area contributed by atoms with Gasteiger partial charge in [0.15, 0.2) is 9.84 Å². The number of methoxy groups -OCH3 is 2. The second-order valence-electron chi connectivity index (χ2n) is 4.27. The molecule has 2 aromatic carbocycles. The van der Waals surface area contributed by atoms with Gasteiger partial charge in [-0.05, 0) is 36.4 Å². The molecule has 4 nitrogen and oxygen atoms in total. The van der Waals surface area contributed by atoms with Gasteiger partial charge in [-0.2, -0.15) is 0 Å². The molecule has 0 N–H and O–H groups in total. The fourth-order valence-electron chi connectivity index (χ4n) is 1.82. The maximum atomic E-state index is 12.2. The van der Waals surface area contributed by atoms with Gasteiger partial charge >= 0.3 is 0 Å². The second kappa shape index (κ2) is 6.45.